The van der Waals surface area contributed by atoms with Crippen molar-refractivity contribution in [3.05, 3.63) is 27.7 Å². The molecule has 1 N–H and O–H groups in total. The van der Waals surface area contributed by atoms with Crippen molar-refractivity contribution in [3.8, 4) is 11.4 Å². The number of unbranched alkanes of at least 4 members (excludes halogenated alkanes) is 1. The van der Waals surface area contributed by atoms with Gasteiger partial charge >= 0.3 is 0 Å². The number of thiazole rings is 1. The van der Waals surface area contributed by atoms with E-state index in [9.17, 15) is 4.79 Å². The molecule has 4 nitrogen and oxygen atoms in total. The molecular weight excluding hydrogens is 306 g/mol. The van der Waals surface area contributed by atoms with Crippen LogP contribution in [0, 0.1) is 13.8 Å². The van der Waals surface area contributed by atoms with E-state index in [1.807, 2.05) is 26.8 Å². The van der Waals surface area contributed by atoms with Gasteiger partial charge in [0, 0.05) is 23.7 Å². The number of hydrogen-bond acceptors (Lipinski definition) is 3. The van der Waals surface area contributed by atoms with Gasteiger partial charge in [-0.2, -0.15) is 0 Å². The Bertz CT molecular complexity index is 672. The summed E-state index contributed by atoms with van der Waals surface area (Å²) in [5.41, 5.74) is 3.81. The Morgan fingerprint density at radius 3 is 2.70 bits per heavy atom. The van der Waals surface area contributed by atoms with Gasteiger partial charge in [-0.25, -0.2) is 4.98 Å². The average molecular weight is 334 g/mol. The van der Waals surface area contributed by atoms with Crippen LogP contribution >= 0.6 is 11.3 Å². The number of aromatic nitrogens is 2. The van der Waals surface area contributed by atoms with E-state index in [2.05, 4.69) is 34.1 Å². The van der Waals surface area contributed by atoms with Crippen molar-refractivity contribution in [1.82, 2.24) is 14.9 Å². The molecule has 0 saturated carbocycles. The topological polar surface area (TPSA) is 46.9 Å². The zero-order valence-corrected chi connectivity index (χ0v) is 15.6. The molecule has 0 bridgehead atoms. The Balaban J connectivity index is 2.40. The van der Waals surface area contributed by atoms with E-state index in [0.717, 1.165) is 53.5 Å². The minimum Gasteiger partial charge on any atom is -0.350 e. The first-order chi connectivity index (χ1) is 11.0. The van der Waals surface area contributed by atoms with E-state index >= 15 is 0 Å². The van der Waals surface area contributed by atoms with Crippen LogP contribution in [0.3, 0.4) is 0 Å². The Hall–Kier alpha value is -1.62. The summed E-state index contributed by atoms with van der Waals surface area (Å²) < 4.78 is 2.24. The van der Waals surface area contributed by atoms with Gasteiger partial charge in [-0.3, -0.25) is 4.79 Å². The summed E-state index contributed by atoms with van der Waals surface area (Å²) in [6, 6.07) is 2.18. The normalized spacial score (nSPS) is 12.4. The number of hydrogen-bond donors (Lipinski definition) is 1. The van der Waals surface area contributed by atoms with Crippen molar-refractivity contribution >= 4 is 17.2 Å². The smallest absolute Gasteiger partial charge is 0.253 e. The quantitative estimate of drug-likeness (QED) is 0.807. The standard InChI is InChI=1S/C18H27N3OS/c1-6-8-9-21-13(4)15(18(22)19-12(3)7-2)10-17(21)16-11-23-14(5)20-16/h10-12H,6-9H2,1-5H3,(H,19,22). The van der Waals surface area contributed by atoms with Crippen LogP contribution in [0.25, 0.3) is 11.4 Å². The lowest BCUT2D eigenvalue weighted by Crippen LogP contribution is -2.32. The molecule has 0 saturated heterocycles. The van der Waals surface area contributed by atoms with E-state index in [1.54, 1.807) is 11.3 Å². The number of nitrogens with one attached hydrogen (secondary N) is 1. The molecule has 0 aromatic carbocycles. The Kier molecular flexibility index (Phi) is 5.99. The predicted octanol–water partition coefficient (Wildman–Crippen LogP) is 4.56. The summed E-state index contributed by atoms with van der Waals surface area (Å²) in [6.07, 6.45) is 3.15. The highest BCUT2D eigenvalue weighted by molar-refractivity contribution is 7.09. The lowest BCUT2D eigenvalue weighted by atomic mass is 10.2. The second-order valence-corrected chi connectivity index (χ2v) is 7.13. The molecule has 2 aromatic rings. The molecule has 2 heterocycles. The van der Waals surface area contributed by atoms with Crippen molar-refractivity contribution < 1.29 is 4.79 Å². The van der Waals surface area contributed by atoms with Gasteiger partial charge in [0.15, 0.2) is 0 Å². The second-order valence-electron chi connectivity index (χ2n) is 6.07. The van der Waals surface area contributed by atoms with Gasteiger partial charge in [-0.1, -0.05) is 20.3 Å². The van der Waals surface area contributed by atoms with Gasteiger partial charge in [0.2, 0.25) is 0 Å². The van der Waals surface area contributed by atoms with E-state index in [-0.39, 0.29) is 11.9 Å². The fourth-order valence-corrected chi connectivity index (χ4v) is 3.18. The monoisotopic (exact) mass is 333 g/mol. The van der Waals surface area contributed by atoms with Crippen LogP contribution in [-0.2, 0) is 6.54 Å². The minimum absolute atomic E-state index is 0.0142. The van der Waals surface area contributed by atoms with Gasteiger partial charge in [-0.05, 0) is 39.7 Å². The van der Waals surface area contributed by atoms with Crippen molar-refractivity contribution in [2.75, 3.05) is 0 Å². The molecule has 2 aromatic heterocycles. The fourth-order valence-electron chi connectivity index (χ4n) is 2.58. The largest absolute Gasteiger partial charge is 0.350 e. The maximum Gasteiger partial charge on any atom is 0.253 e. The third-order valence-corrected chi connectivity index (χ3v) is 4.99. The average Bonchev–Trinajstić information content (AvgIpc) is 3.08. The SMILES string of the molecule is CCCCn1c(-c2csc(C)n2)cc(C(=O)NC(C)CC)c1C. The predicted molar refractivity (Wildman–Crippen MR) is 97.1 cm³/mol. The van der Waals surface area contributed by atoms with E-state index < -0.39 is 0 Å². The van der Waals surface area contributed by atoms with Crippen molar-refractivity contribution in [2.24, 2.45) is 0 Å². The molecule has 23 heavy (non-hydrogen) atoms. The maximum absolute atomic E-state index is 12.6. The molecule has 0 aliphatic rings. The van der Waals surface area contributed by atoms with Gasteiger partial charge in [-0.15, -0.1) is 11.3 Å². The summed E-state index contributed by atoms with van der Waals surface area (Å²) in [5.74, 6) is 0.0142. The van der Waals surface area contributed by atoms with Crippen LogP contribution in [0.15, 0.2) is 11.4 Å². The molecule has 1 unspecified atom stereocenters. The number of nitrogens with zero attached hydrogens (tertiary/aromatic N) is 2. The van der Waals surface area contributed by atoms with E-state index in [0.29, 0.717) is 0 Å². The maximum atomic E-state index is 12.6. The number of carbonyl (C=O) groups is 1. The summed E-state index contributed by atoms with van der Waals surface area (Å²) in [7, 11) is 0. The van der Waals surface area contributed by atoms with Crippen LogP contribution in [0.4, 0.5) is 0 Å². The molecular formula is C18H27N3OS. The second kappa shape index (κ2) is 7.77. The number of amides is 1. The molecule has 0 spiro atoms. The molecule has 126 valence electrons. The molecule has 1 atom stereocenters. The highest BCUT2D eigenvalue weighted by Gasteiger charge is 2.20. The first kappa shape index (κ1) is 17.7. The van der Waals surface area contributed by atoms with Gasteiger partial charge < -0.3 is 9.88 Å². The van der Waals surface area contributed by atoms with Crippen LogP contribution in [0.1, 0.15) is 61.1 Å². The van der Waals surface area contributed by atoms with Gasteiger partial charge in [0.1, 0.15) is 0 Å². The highest BCUT2D eigenvalue weighted by Crippen LogP contribution is 2.27. The lowest BCUT2D eigenvalue weighted by Gasteiger charge is -2.12. The van der Waals surface area contributed by atoms with E-state index in [1.165, 1.54) is 0 Å². The fraction of sp³-hybridized carbons (Fsp3) is 0.556. The van der Waals surface area contributed by atoms with Crippen molar-refractivity contribution in [3.63, 3.8) is 0 Å². The van der Waals surface area contributed by atoms with Crippen LogP contribution < -0.4 is 5.32 Å². The number of rotatable bonds is 7. The molecule has 0 radical (unpaired) electrons. The first-order valence-electron chi connectivity index (χ1n) is 8.41. The zero-order chi connectivity index (χ0) is 17.0. The zero-order valence-electron chi connectivity index (χ0n) is 14.8. The molecule has 2 rings (SSSR count). The number of aryl methyl sites for hydroxylation is 1. The van der Waals surface area contributed by atoms with Crippen molar-refractivity contribution in [2.45, 2.75) is 66.5 Å². The summed E-state index contributed by atoms with van der Waals surface area (Å²) >= 11 is 1.64. The molecule has 5 heteroatoms. The Morgan fingerprint density at radius 1 is 1.39 bits per heavy atom. The third kappa shape index (κ3) is 4.02. The Labute approximate surface area is 142 Å². The van der Waals surface area contributed by atoms with Crippen LogP contribution in [0.2, 0.25) is 0 Å². The van der Waals surface area contributed by atoms with E-state index in [4.69, 9.17) is 0 Å². The third-order valence-electron chi connectivity index (χ3n) is 4.22. The molecule has 0 fully saturated rings. The van der Waals surface area contributed by atoms with Crippen molar-refractivity contribution in [1.29, 1.82) is 0 Å². The summed E-state index contributed by atoms with van der Waals surface area (Å²) in [5, 5.41) is 6.19. The van der Waals surface area contributed by atoms with Crippen LogP contribution in [0.5, 0.6) is 0 Å². The summed E-state index contributed by atoms with van der Waals surface area (Å²) in [6.45, 7) is 11.3. The summed E-state index contributed by atoms with van der Waals surface area (Å²) in [4.78, 5) is 17.2. The van der Waals surface area contributed by atoms with Crippen LogP contribution in [-0.4, -0.2) is 21.5 Å². The van der Waals surface area contributed by atoms with Gasteiger partial charge in [0.25, 0.3) is 5.91 Å². The first-order valence-corrected chi connectivity index (χ1v) is 9.29. The Morgan fingerprint density at radius 2 is 2.13 bits per heavy atom. The molecule has 0 aliphatic heterocycles. The highest BCUT2D eigenvalue weighted by atomic mass is 32.1. The minimum atomic E-state index is 0.0142. The number of carbonyl (C=O) groups excluding carboxylic acids is 1. The molecule has 0 aliphatic carbocycles. The molecule has 1 amide bonds. The van der Waals surface area contributed by atoms with Gasteiger partial charge in [0.05, 0.1) is 22.0 Å². The lowest BCUT2D eigenvalue weighted by molar-refractivity contribution is 0.0938.